The summed E-state index contributed by atoms with van der Waals surface area (Å²) in [5.41, 5.74) is 0.108. The van der Waals surface area contributed by atoms with E-state index in [9.17, 15) is 20.1 Å². The number of rotatable bonds is 1. The molecule has 1 atom stereocenters. The van der Waals surface area contributed by atoms with E-state index in [1.807, 2.05) is 6.92 Å². The lowest BCUT2D eigenvalue weighted by molar-refractivity contribution is 0.0750. The summed E-state index contributed by atoms with van der Waals surface area (Å²) in [7, 11) is 0. The maximum atomic E-state index is 12.8. The third kappa shape index (κ3) is 2.20. The topological polar surface area (TPSA) is 77.8 Å². The molecule has 2 aliphatic carbocycles. The summed E-state index contributed by atoms with van der Waals surface area (Å²) < 4.78 is 0. The van der Waals surface area contributed by atoms with E-state index < -0.39 is 11.0 Å². The molecule has 1 aromatic rings. The summed E-state index contributed by atoms with van der Waals surface area (Å²) >= 11 is 0. The van der Waals surface area contributed by atoms with Gasteiger partial charge in [-0.1, -0.05) is 32.8 Å². The quantitative estimate of drug-likeness (QED) is 0.682. The first kappa shape index (κ1) is 17.0. The predicted octanol–water partition coefficient (Wildman–Crippen LogP) is 3.92. The van der Waals surface area contributed by atoms with Crippen LogP contribution in [0.1, 0.15) is 75.4 Å². The molecule has 2 aliphatic rings. The Bertz CT molecular complexity index is 765. The van der Waals surface area contributed by atoms with Crippen molar-refractivity contribution < 1.29 is 20.1 Å². The number of carbonyl (C=O) groups excluding carboxylic acids is 1. The van der Waals surface area contributed by atoms with Gasteiger partial charge in [-0.2, -0.15) is 0 Å². The number of hydrogen-bond donors (Lipinski definition) is 3. The number of phenols is 2. The van der Waals surface area contributed by atoms with Gasteiger partial charge in [-0.25, -0.2) is 0 Å². The van der Waals surface area contributed by atoms with E-state index in [-0.39, 0.29) is 28.3 Å². The number of aromatic hydroxyl groups is 2. The maximum Gasteiger partial charge on any atom is 0.186 e. The average Bonchev–Trinajstić information content (AvgIpc) is 2.43. The Morgan fingerprint density at radius 1 is 1.08 bits per heavy atom. The summed E-state index contributed by atoms with van der Waals surface area (Å²) in [5.74, 6) is -0.781. The minimum atomic E-state index is -1.35. The van der Waals surface area contributed by atoms with Crippen LogP contribution in [-0.2, 0) is 11.0 Å². The first-order valence-electron chi connectivity index (χ1n) is 8.49. The molecule has 1 saturated carbocycles. The van der Waals surface area contributed by atoms with Crippen molar-refractivity contribution >= 4 is 5.78 Å². The van der Waals surface area contributed by atoms with Gasteiger partial charge in [0.25, 0.3) is 0 Å². The highest BCUT2D eigenvalue weighted by Crippen LogP contribution is 2.58. The van der Waals surface area contributed by atoms with E-state index >= 15 is 0 Å². The number of hydrogen-bond acceptors (Lipinski definition) is 4. The van der Waals surface area contributed by atoms with Crippen LogP contribution in [0.25, 0.3) is 0 Å². The van der Waals surface area contributed by atoms with Crippen LogP contribution in [0.4, 0.5) is 0 Å². The van der Waals surface area contributed by atoms with E-state index in [4.69, 9.17) is 0 Å². The smallest absolute Gasteiger partial charge is 0.186 e. The van der Waals surface area contributed by atoms with Crippen LogP contribution in [0, 0.1) is 5.41 Å². The molecule has 0 amide bonds. The highest BCUT2D eigenvalue weighted by atomic mass is 16.3. The van der Waals surface area contributed by atoms with Crippen molar-refractivity contribution in [2.75, 3.05) is 0 Å². The van der Waals surface area contributed by atoms with E-state index in [0.717, 1.165) is 24.8 Å². The zero-order valence-electron chi connectivity index (χ0n) is 15.0. The number of phenolic OH excluding ortho intramolecular Hbond substituents is 2. The van der Waals surface area contributed by atoms with Crippen LogP contribution >= 0.6 is 0 Å². The summed E-state index contributed by atoms with van der Waals surface area (Å²) in [6, 6.07) is 1.53. The monoisotopic (exact) mass is 330 g/mol. The van der Waals surface area contributed by atoms with E-state index in [2.05, 4.69) is 13.8 Å². The van der Waals surface area contributed by atoms with Crippen LogP contribution in [0.5, 0.6) is 11.5 Å². The van der Waals surface area contributed by atoms with Gasteiger partial charge in [-0.15, -0.1) is 0 Å². The molecular formula is C20H26O4. The van der Waals surface area contributed by atoms with Crippen LogP contribution in [0.15, 0.2) is 17.7 Å². The molecule has 1 aromatic carbocycles. The van der Waals surface area contributed by atoms with E-state index in [1.54, 1.807) is 6.08 Å². The molecule has 24 heavy (non-hydrogen) atoms. The van der Waals surface area contributed by atoms with Crippen molar-refractivity contribution in [3.63, 3.8) is 0 Å². The Labute approximate surface area is 142 Å². The van der Waals surface area contributed by atoms with Gasteiger partial charge in [0.15, 0.2) is 17.3 Å². The van der Waals surface area contributed by atoms with Crippen LogP contribution < -0.4 is 0 Å². The SMILES string of the molecule is CC1(C)CCC[C@@]2(C)C1=CC(=O)c1cc(C(C)(C)O)c(O)c(O)c12. The first-order valence-corrected chi connectivity index (χ1v) is 8.49. The zero-order chi connectivity index (χ0) is 18.1. The molecule has 130 valence electrons. The van der Waals surface area contributed by atoms with Crippen molar-refractivity contribution in [2.24, 2.45) is 5.41 Å². The summed E-state index contributed by atoms with van der Waals surface area (Å²) in [6.07, 6.45) is 4.50. The van der Waals surface area contributed by atoms with E-state index in [0.29, 0.717) is 11.1 Å². The second-order valence-corrected chi connectivity index (χ2v) is 8.59. The molecule has 0 radical (unpaired) electrons. The van der Waals surface area contributed by atoms with Gasteiger partial charge >= 0.3 is 0 Å². The zero-order valence-corrected chi connectivity index (χ0v) is 15.0. The third-order valence-electron chi connectivity index (χ3n) is 5.83. The maximum absolute atomic E-state index is 12.8. The summed E-state index contributed by atoms with van der Waals surface area (Å²) in [4.78, 5) is 12.8. The fraction of sp³-hybridized carbons (Fsp3) is 0.550. The van der Waals surface area contributed by atoms with Crippen LogP contribution in [0.2, 0.25) is 0 Å². The van der Waals surface area contributed by atoms with Gasteiger partial charge in [0.2, 0.25) is 0 Å². The van der Waals surface area contributed by atoms with E-state index in [1.165, 1.54) is 19.9 Å². The Morgan fingerprint density at radius 3 is 2.29 bits per heavy atom. The largest absolute Gasteiger partial charge is 0.504 e. The average molecular weight is 330 g/mol. The number of fused-ring (bicyclic) bond motifs is 3. The molecule has 0 heterocycles. The third-order valence-corrected chi connectivity index (χ3v) is 5.83. The van der Waals surface area contributed by atoms with Crippen LogP contribution in [0.3, 0.4) is 0 Å². The highest BCUT2D eigenvalue weighted by Gasteiger charge is 2.49. The second-order valence-electron chi connectivity index (χ2n) is 8.59. The number of ketones is 1. The lowest BCUT2D eigenvalue weighted by Gasteiger charge is -2.49. The minimum Gasteiger partial charge on any atom is -0.504 e. The molecule has 4 heteroatoms. The molecular weight excluding hydrogens is 304 g/mol. The predicted molar refractivity (Wildman–Crippen MR) is 92.4 cm³/mol. The highest BCUT2D eigenvalue weighted by molar-refractivity contribution is 6.09. The first-order chi connectivity index (χ1) is 10.9. The van der Waals surface area contributed by atoms with Crippen molar-refractivity contribution in [3.05, 3.63) is 34.4 Å². The standard InChI is InChI=1S/C20H26O4/c1-18(2)7-6-8-20(5)14(18)10-13(21)11-9-12(19(3,4)24)16(22)17(23)15(11)20/h9-10,22-24H,6-8H2,1-5H3/t20-/m0/s1. The molecule has 0 saturated heterocycles. The lowest BCUT2D eigenvalue weighted by atomic mass is 9.55. The molecule has 1 fully saturated rings. The fourth-order valence-electron chi connectivity index (χ4n) is 4.60. The van der Waals surface area contributed by atoms with Crippen molar-refractivity contribution in [1.82, 2.24) is 0 Å². The molecule has 0 aliphatic heterocycles. The van der Waals surface area contributed by atoms with Crippen molar-refractivity contribution in [1.29, 1.82) is 0 Å². The molecule has 0 bridgehead atoms. The number of benzene rings is 1. The van der Waals surface area contributed by atoms with Crippen LogP contribution in [-0.4, -0.2) is 21.1 Å². The Hall–Kier alpha value is -1.81. The van der Waals surface area contributed by atoms with Gasteiger partial charge in [0.05, 0.1) is 5.60 Å². The molecule has 0 aromatic heterocycles. The molecule has 3 rings (SSSR count). The molecule has 0 spiro atoms. The Morgan fingerprint density at radius 2 is 1.71 bits per heavy atom. The summed E-state index contributed by atoms with van der Waals surface area (Å²) in [5, 5.41) is 31.5. The normalized spacial score (nSPS) is 25.8. The number of allylic oxidation sites excluding steroid dienone is 2. The molecule has 0 unspecified atom stereocenters. The lowest BCUT2D eigenvalue weighted by Crippen LogP contribution is -2.41. The number of aliphatic hydroxyl groups is 1. The Kier molecular flexibility index (Phi) is 3.44. The van der Waals surface area contributed by atoms with Gasteiger partial charge in [-0.05, 0) is 44.2 Å². The van der Waals surface area contributed by atoms with Gasteiger partial charge in [-0.3, -0.25) is 4.79 Å². The van der Waals surface area contributed by atoms with Crippen molar-refractivity contribution in [3.8, 4) is 11.5 Å². The molecule has 3 N–H and O–H groups in total. The fourth-order valence-corrected chi connectivity index (χ4v) is 4.60. The number of carbonyl (C=O) groups is 1. The second kappa shape index (κ2) is 4.85. The summed E-state index contributed by atoms with van der Waals surface area (Å²) in [6.45, 7) is 9.32. The van der Waals surface area contributed by atoms with Gasteiger partial charge < -0.3 is 15.3 Å². The minimum absolute atomic E-state index is 0.128. The Balaban J connectivity index is 2.34. The van der Waals surface area contributed by atoms with Gasteiger partial charge in [0.1, 0.15) is 0 Å². The molecule has 4 nitrogen and oxygen atoms in total. The van der Waals surface area contributed by atoms with Gasteiger partial charge in [0, 0.05) is 22.1 Å². The van der Waals surface area contributed by atoms with Crippen molar-refractivity contribution in [2.45, 2.75) is 64.9 Å².